The van der Waals surface area contributed by atoms with Gasteiger partial charge < -0.3 is 9.84 Å². The Morgan fingerprint density at radius 2 is 1.97 bits per heavy atom. The number of methoxy groups -OCH3 is 1. The number of benzene rings is 1. The van der Waals surface area contributed by atoms with Gasteiger partial charge in [0, 0.05) is 30.7 Å². The highest BCUT2D eigenvalue weighted by Crippen LogP contribution is 2.68. The molecule has 0 spiro atoms. The number of rotatable bonds is 5. The van der Waals surface area contributed by atoms with E-state index in [0.717, 1.165) is 56.9 Å². The smallest absolute Gasteiger partial charge is 0.157 e. The van der Waals surface area contributed by atoms with Crippen molar-refractivity contribution in [3.8, 4) is 0 Å². The first kappa shape index (κ1) is 24.5. The van der Waals surface area contributed by atoms with Crippen molar-refractivity contribution < 1.29 is 19.0 Å². The average molecular weight is 497 g/mol. The molecule has 0 bridgehead atoms. The van der Waals surface area contributed by atoms with Crippen LogP contribution in [0.25, 0.3) is 10.9 Å². The maximum absolute atomic E-state index is 13.7. The predicted molar refractivity (Wildman–Crippen MR) is 137 cm³/mol. The molecule has 0 radical (unpaired) electrons. The number of hydrogen-bond acceptors (Lipinski definition) is 4. The van der Waals surface area contributed by atoms with Crippen molar-refractivity contribution >= 4 is 16.7 Å². The lowest BCUT2D eigenvalue weighted by atomic mass is 9.43. The van der Waals surface area contributed by atoms with Crippen molar-refractivity contribution in [3.63, 3.8) is 0 Å². The molecule has 1 aromatic heterocycles. The maximum Gasteiger partial charge on any atom is 0.157 e. The maximum atomic E-state index is 13.7. The predicted octanol–water partition coefficient (Wildman–Crippen LogP) is 5.78. The van der Waals surface area contributed by atoms with Crippen LogP contribution in [0.1, 0.15) is 71.6 Å². The number of Topliss-reactive ketones (excluding diaryl/α,β-unsaturated/α-hetero) is 1. The summed E-state index contributed by atoms with van der Waals surface area (Å²) in [4.78, 5) is 13.7. The summed E-state index contributed by atoms with van der Waals surface area (Å²) in [5.74, 6) is 2.43. The van der Waals surface area contributed by atoms with Gasteiger partial charge in [-0.2, -0.15) is 5.10 Å². The van der Waals surface area contributed by atoms with E-state index in [1.165, 1.54) is 25.0 Å². The van der Waals surface area contributed by atoms with Gasteiger partial charge in [0.2, 0.25) is 0 Å². The van der Waals surface area contributed by atoms with Gasteiger partial charge in [-0.05, 0) is 111 Å². The first-order valence-corrected chi connectivity index (χ1v) is 14.0. The highest BCUT2D eigenvalue weighted by Gasteiger charge is 2.63. The summed E-state index contributed by atoms with van der Waals surface area (Å²) in [6, 6.07) is 4.60. The zero-order valence-electron chi connectivity index (χ0n) is 22.0. The minimum absolute atomic E-state index is 0.0399. The van der Waals surface area contributed by atoms with Gasteiger partial charge in [-0.1, -0.05) is 6.92 Å². The van der Waals surface area contributed by atoms with E-state index in [1.54, 1.807) is 10.7 Å². The average Bonchev–Trinajstić information content (AvgIpc) is 3.38. The van der Waals surface area contributed by atoms with Gasteiger partial charge in [0.05, 0.1) is 24.3 Å². The van der Waals surface area contributed by atoms with Gasteiger partial charge in [-0.3, -0.25) is 9.48 Å². The highest BCUT2D eigenvalue weighted by atomic mass is 19.1. The van der Waals surface area contributed by atoms with Crippen molar-refractivity contribution in [2.75, 3.05) is 13.7 Å². The molecule has 4 aliphatic rings. The molecule has 8 atom stereocenters. The number of carbonyl (C=O) groups is 1. The molecule has 36 heavy (non-hydrogen) atoms. The third-order valence-electron chi connectivity index (χ3n) is 11.3. The number of hydrogen-bond donors (Lipinski definition) is 1. The molecule has 6 rings (SSSR count). The quantitative estimate of drug-likeness (QED) is 0.570. The molecule has 1 unspecified atom stereocenters. The molecule has 4 fully saturated rings. The van der Waals surface area contributed by atoms with Crippen LogP contribution in [-0.2, 0) is 16.1 Å². The Hall–Kier alpha value is -1.79. The Morgan fingerprint density at radius 3 is 2.78 bits per heavy atom. The van der Waals surface area contributed by atoms with E-state index in [2.05, 4.69) is 12.0 Å². The molecule has 0 saturated heterocycles. The monoisotopic (exact) mass is 496 g/mol. The second-order valence-corrected chi connectivity index (χ2v) is 13.2. The lowest BCUT2D eigenvalue weighted by molar-refractivity contribution is -0.175. The number of ether oxygens (including phenoxy) is 1. The summed E-state index contributed by atoms with van der Waals surface area (Å²) in [6.07, 6.45) is 11.4. The SMILES string of the molecule is COC[C@]12CC[C@@](C)(O)C[C@@H]1CC[C@H]1[C@@H]3CC[C@H](C(=O)Cn4cc5ccc(F)cc5n4)C3(C)CC[C@@H]12. The molecule has 4 saturated carbocycles. The molecule has 1 aromatic carbocycles. The third-order valence-corrected chi connectivity index (χ3v) is 11.3. The molecule has 6 heteroatoms. The number of fused-ring (bicyclic) bond motifs is 6. The minimum atomic E-state index is -0.550. The lowest BCUT2D eigenvalue weighted by Gasteiger charge is -2.62. The third kappa shape index (κ3) is 3.77. The Kier molecular flexibility index (Phi) is 5.88. The first-order chi connectivity index (χ1) is 17.1. The number of aromatic nitrogens is 2. The van der Waals surface area contributed by atoms with Crippen LogP contribution in [0.2, 0.25) is 0 Å². The van der Waals surface area contributed by atoms with E-state index >= 15 is 0 Å². The van der Waals surface area contributed by atoms with Crippen LogP contribution in [0.3, 0.4) is 0 Å². The van der Waals surface area contributed by atoms with Crippen molar-refractivity contribution in [2.24, 2.45) is 40.4 Å². The zero-order valence-corrected chi connectivity index (χ0v) is 22.0. The van der Waals surface area contributed by atoms with Gasteiger partial charge in [0.25, 0.3) is 0 Å². The normalized spacial score (nSPS) is 42.1. The topological polar surface area (TPSA) is 64.3 Å². The van der Waals surface area contributed by atoms with Crippen molar-refractivity contribution in [1.82, 2.24) is 9.78 Å². The Morgan fingerprint density at radius 1 is 1.14 bits per heavy atom. The van der Waals surface area contributed by atoms with Gasteiger partial charge in [0.15, 0.2) is 5.78 Å². The Balaban J connectivity index is 1.22. The second-order valence-electron chi connectivity index (χ2n) is 13.2. The number of aliphatic hydroxyl groups is 1. The zero-order chi connectivity index (χ0) is 25.3. The lowest BCUT2D eigenvalue weighted by Crippen LogP contribution is -2.58. The first-order valence-electron chi connectivity index (χ1n) is 14.0. The molecule has 5 nitrogen and oxygen atoms in total. The molecular weight excluding hydrogens is 455 g/mol. The van der Waals surface area contributed by atoms with Gasteiger partial charge in [-0.25, -0.2) is 4.39 Å². The van der Waals surface area contributed by atoms with Crippen LogP contribution < -0.4 is 0 Å². The standard InChI is InChI=1S/C30H41FN2O3/c1-28(35)12-13-30(18-36-3)20(15-28)5-7-22-23-8-9-25(29(23,2)11-10-24(22)30)27(34)17-33-16-19-4-6-21(31)14-26(19)32-33/h4,6,14,16,20,22-25,35H,5,7-13,15,17-18H2,1-3H3/t20-,22-,23-,24-,25+,28+,29?,30+/m0/s1. The van der Waals surface area contributed by atoms with Crippen LogP contribution in [0.4, 0.5) is 4.39 Å². The number of carbonyl (C=O) groups excluding carboxylic acids is 1. The van der Waals surface area contributed by atoms with Crippen molar-refractivity contribution in [1.29, 1.82) is 0 Å². The number of ketones is 1. The van der Waals surface area contributed by atoms with Gasteiger partial charge in [0.1, 0.15) is 5.82 Å². The molecule has 1 heterocycles. The highest BCUT2D eigenvalue weighted by molar-refractivity contribution is 5.83. The van der Waals surface area contributed by atoms with Crippen LogP contribution in [0.5, 0.6) is 0 Å². The molecule has 196 valence electrons. The largest absolute Gasteiger partial charge is 0.390 e. The molecule has 1 N–H and O–H groups in total. The van der Waals surface area contributed by atoms with E-state index in [-0.39, 0.29) is 34.9 Å². The van der Waals surface area contributed by atoms with E-state index < -0.39 is 5.60 Å². The fourth-order valence-corrected chi connectivity index (χ4v) is 9.70. The summed E-state index contributed by atoms with van der Waals surface area (Å²) in [5.41, 5.74) is 0.267. The van der Waals surface area contributed by atoms with Gasteiger partial charge >= 0.3 is 0 Å². The Labute approximate surface area is 213 Å². The number of nitrogens with zero attached hydrogens (tertiary/aromatic N) is 2. The molecular formula is C30H41FN2O3. The molecule has 0 amide bonds. The molecule has 0 aliphatic heterocycles. The van der Waals surface area contributed by atoms with Crippen LogP contribution in [-0.4, -0.2) is 40.0 Å². The van der Waals surface area contributed by atoms with Crippen molar-refractivity contribution in [3.05, 3.63) is 30.2 Å². The summed E-state index contributed by atoms with van der Waals surface area (Å²) >= 11 is 0. The van der Waals surface area contributed by atoms with E-state index in [1.807, 2.05) is 20.2 Å². The fraction of sp³-hybridized carbons (Fsp3) is 0.733. The fourth-order valence-electron chi connectivity index (χ4n) is 9.70. The summed E-state index contributed by atoms with van der Waals surface area (Å²) < 4.78 is 21.2. The summed E-state index contributed by atoms with van der Waals surface area (Å²) in [5, 5.41) is 16.2. The van der Waals surface area contributed by atoms with Gasteiger partial charge in [-0.15, -0.1) is 0 Å². The van der Waals surface area contributed by atoms with Crippen LogP contribution in [0.15, 0.2) is 24.4 Å². The molecule has 4 aliphatic carbocycles. The van der Waals surface area contributed by atoms with Crippen molar-refractivity contribution in [2.45, 2.75) is 83.8 Å². The van der Waals surface area contributed by atoms with E-state index in [9.17, 15) is 14.3 Å². The minimum Gasteiger partial charge on any atom is -0.390 e. The van der Waals surface area contributed by atoms with E-state index in [4.69, 9.17) is 4.74 Å². The summed E-state index contributed by atoms with van der Waals surface area (Å²) in [7, 11) is 1.84. The van der Waals surface area contributed by atoms with E-state index in [0.29, 0.717) is 29.2 Å². The second kappa shape index (κ2) is 8.62. The molecule has 2 aromatic rings. The van der Waals surface area contributed by atoms with Crippen LogP contribution >= 0.6 is 0 Å². The van der Waals surface area contributed by atoms with Crippen LogP contribution in [0, 0.1) is 46.2 Å². The summed E-state index contributed by atoms with van der Waals surface area (Å²) in [6.45, 7) is 5.47. The number of halogens is 1. The Bertz CT molecular complexity index is 1160.